The summed E-state index contributed by atoms with van der Waals surface area (Å²) in [4.78, 5) is 36.3. The summed E-state index contributed by atoms with van der Waals surface area (Å²) >= 11 is 1.69. The third kappa shape index (κ3) is 4.47. The van der Waals surface area contributed by atoms with Crippen LogP contribution >= 0.6 is 11.3 Å². The van der Waals surface area contributed by atoms with Gasteiger partial charge in [-0.05, 0) is 43.7 Å². The maximum Gasteiger partial charge on any atom is 0.224 e. The summed E-state index contributed by atoms with van der Waals surface area (Å²) in [7, 11) is 0. The molecular formula is C27H24N8OS. The van der Waals surface area contributed by atoms with Crippen molar-refractivity contribution in [1.82, 2.24) is 35.1 Å². The number of aromatic amines is 2. The number of nitrogens with zero attached hydrogens (tertiary/aromatic N) is 5. The minimum Gasteiger partial charge on any atom is -0.336 e. The zero-order valence-electron chi connectivity index (χ0n) is 20.4. The van der Waals surface area contributed by atoms with Crippen molar-refractivity contribution in [1.29, 1.82) is 0 Å². The highest BCUT2D eigenvalue weighted by Gasteiger charge is 2.17. The number of carbonyl (C=O) groups is 1. The Labute approximate surface area is 216 Å². The second-order valence-electron chi connectivity index (χ2n) is 8.85. The zero-order valence-corrected chi connectivity index (χ0v) is 21.2. The van der Waals surface area contributed by atoms with Crippen LogP contribution < -0.4 is 5.32 Å². The molecular weight excluding hydrogens is 484 g/mol. The Hall–Kier alpha value is -4.44. The molecule has 6 rings (SSSR count). The lowest BCUT2D eigenvalue weighted by Gasteiger charge is -2.07. The molecule has 0 aromatic carbocycles. The number of anilines is 1. The van der Waals surface area contributed by atoms with E-state index >= 15 is 0 Å². The number of imidazole rings is 1. The van der Waals surface area contributed by atoms with Crippen LogP contribution in [0.1, 0.15) is 31.1 Å². The number of thiophene rings is 1. The first-order valence-corrected chi connectivity index (χ1v) is 12.9. The molecule has 0 aliphatic carbocycles. The van der Waals surface area contributed by atoms with Crippen LogP contribution in [0.5, 0.6) is 0 Å². The number of H-pyrrole nitrogens is 2. The number of aromatic nitrogens is 7. The Kier molecular flexibility index (Phi) is 5.93. The normalized spacial score (nSPS) is 11.4. The lowest BCUT2D eigenvalue weighted by atomic mass is 10.1. The van der Waals surface area contributed by atoms with Gasteiger partial charge in [0.05, 0.1) is 39.7 Å². The van der Waals surface area contributed by atoms with Crippen LogP contribution in [0.25, 0.3) is 55.3 Å². The lowest BCUT2D eigenvalue weighted by molar-refractivity contribution is -0.116. The van der Waals surface area contributed by atoms with Gasteiger partial charge >= 0.3 is 0 Å². The Morgan fingerprint density at radius 2 is 1.97 bits per heavy atom. The molecule has 0 radical (unpaired) electrons. The fourth-order valence-corrected chi connectivity index (χ4v) is 5.12. The summed E-state index contributed by atoms with van der Waals surface area (Å²) in [6, 6.07) is 9.93. The van der Waals surface area contributed by atoms with Gasteiger partial charge in [0.25, 0.3) is 0 Å². The second-order valence-corrected chi connectivity index (χ2v) is 10.1. The highest BCUT2D eigenvalue weighted by molar-refractivity contribution is 7.15. The van der Waals surface area contributed by atoms with Gasteiger partial charge in [0, 0.05) is 34.6 Å². The number of rotatable bonds is 7. The van der Waals surface area contributed by atoms with Crippen LogP contribution in [0.4, 0.5) is 5.69 Å². The summed E-state index contributed by atoms with van der Waals surface area (Å²) < 4.78 is 0. The fourth-order valence-electron chi connectivity index (χ4n) is 4.25. The minimum atomic E-state index is -0.0159. The van der Waals surface area contributed by atoms with Crippen molar-refractivity contribution >= 4 is 44.9 Å². The third-order valence-corrected chi connectivity index (χ3v) is 7.13. The van der Waals surface area contributed by atoms with E-state index in [1.807, 2.05) is 18.2 Å². The van der Waals surface area contributed by atoms with Gasteiger partial charge in [-0.1, -0.05) is 13.3 Å². The van der Waals surface area contributed by atoms with E-state index in [0.29, 0.717) is 23.6 Å². The summed E-state index contributed by atoms with van der Waals surface area (Å²) in [5.41, 5.74) is 6.21. The summed E-state index contributed by atoms with van der Waals surface area (Å²) in [6.07, 6.45) is 9.23. The van der Waals surface area contributed by atoms with Crippen LogP contribution in [0.15, 0.2) is 55.1 Å². The zero-order chi connectivity index (χ0) is 25.4. The molecule has 184 valence electrons. The number of carbonyl (C=O) groups excluding carboxylic acids is 1. The Morgan fingerprint density at radius 1 is 1.05 bits per heavy atom. The maximum absolute atomic E-state index is 12.2. The molecule has 0 saturated heterocycles. The number of hydrogen-bond acceptors (Lipinski definition) is 7. The van der Waals surface area contributed by atoms with Crippen molar-refractivity contribution in [2.45, 2.75) is 33.1 Å². The number of hydrogen-bond donors (Lipinski definition) is 3. The molecule has 0 fully saturated rings. The number of unbranched alkanes of at least 4 members (excludes halogenated alkanes) is 1. The van der Waals surface area contributed by atoms with E-state index < -0.39 is 0 Å². The predicted octanol–water partition coefficient (Wildman–Crippen LogP) is 6.12. The first-order valence-electron chi connectivity index (χ1n) is 12.1. The predicted molar refractivity (Wildman–Crippen MR) is 146 cm³/mol. The molecule has 6 heterocycles. The van der Waals surface area contributed by atoms with Gasteiger partial charge in [0.2, 0.25) is 5.91 Å². The molecule has 37 heavy (non-hydrogen) atoms. The van der Waals surface area contributed by atoms with Gasteiger partial charge in [-0.25, -0.2) is 4.98 Å². The lowest BCUT2D eigenvalue weighted by Crippen LogP contribution is -2.11. The van der Waals surface area contributed by atoms with Crippen LogP contribution in [-0.2, 0) is 4.79 Å². The summed E-state index contributed by atoms with van der Waals surface area (Å²) in [5, 5.41) is 11.4. The van der Waals surface area contributed by atoms with Crippen molar-refractivity contribution in [3.63, 3.8) is 0 Å². The second kappa shape index (κ2) is 9.55. The molecule has 3 N–H and O–H groups in total. The van der Waals surface area contributed by atoms with E-state index in [1.165, 1.54) is 4.88 Å². The van der Waals surface area contributed by atoms with Crippen molar-refractivity contribution in [3.8, 4) is 33.3 Å². The van der Waals surface area contributed by atoms with E-state index in [2.05, 4.69) is 61.4 Å². The molecule has 1 amide bonds. The van der Waals surface area contributed by atoms with Gasteiger partial charge < -0.3 is 10.3 Å². The first-order chi connectivity index (χ1) is 18.1. The van der Waals surface area contributed by atoms with Gasteiger partial charge in [0.15, 0.2) is 5.82 Å². The highest BCUT2D eigenvalue weighted by atomic mass is 32.1. The van der Waals surface area contributed by atoms with Crippen molar-refractivity contribution < 1.29 is 4.79 Å². The molecule has 0 unspecified atom stereocenters. The van der Waals surface area contributed by atoms with Gasteiger partial charge in [0.1, 0.15) is 16.9 Å². The van der Waals surface area contributed by atoms with Crippen molar-refractivity contribution in [2.75, 3.05) is 5.32 Å². The van der Waals surface area contributed by atoms with Gasteiger partial charge in [-0.2, -0.15) is 5.10 Å². The average molecular weight is 509 g/mol. The third-order valence-electron chi connectivity index (χ3n) is 6.12. The molecule has 0 bridgehead atoms. The standard InChI is InChI=1S/C27H24N8OS/c1-3-4-5-23(36)31-17-10-16(12-28-13-17)20-11-18-21(14-30-20)34-35-24(18)27-32-19-8-9-29-26(25(19)33-27)22-7-6-15(2)37-22/h6-14H,3-5H2,1-2H3,(H,31,36)(H,32,33)(H,34,35). The SMILES string of the molecule is CCCCC(=O)Nc1cncc(-c2cc3c(-c4nc5c(-c6ccc(C)s6)nccc5[nH]4)n[nH]c3cn2)c1. The van der Waals surface area contributed by atoms with E-state index in [4.69, 9.17) is 4.98 Å². The number of fused-ring (bicyclic) bond motifs is 2. The van der Waals surface area contributed by atoms with Crippen LogP contribution in [0.2, 0.25) is 0 Å². The van der Waals surface area contributed by atoms with Crippen LogP contribution in [-0.4, -0.2) is 41.0 Å². The summed E-state index contributed by atoms with van der Waals surface area (Å²) in [6.45, 7) is 4.14. The van der Waals surface area contributed by atoms with Crippen LogP contribution in [0.3, 0.4) is 0 Å². The molecule has 0 saturated carbocycles. The Balaban J connectivity index is 1.37. The quantitative estimate of drug-likeness (QED) is 0.238. The van der Waals surface area contributed by atoms with Crippen molar-refractivity contribution in [3.05, 3.63) is 60.0 Å². The van der Waals surface area contributed by atoms with E-state index in [1.54, 1.807) is 36.1 Å². The fraction of sp³-hybridized carbons (Fsp3) is 0.185. The molecule has 6 aromatic heterocycles. The minimum absolute atomic E-state index is 0.0159. The van der Waals surface area contributed by atoms with Gasteiger partial charge in [-0.15, -0.1) is 11.3 Å². The molecule has 0 atom stereocenters. The van der Waals surface area contributed by atoms with E-state index in [-0.39, 0.29) is 5.91 Å². The Bertz CT molecular complexity index is 1750. The average Bonchev–Trinajstić information content (AvgIpc) is 3.64. The number of nitrogens with one attached hydrogen (secondary N) is 3. The molecule has 0 spiro atoms. The molecule has 9 nitrogen and oxygen atoms in total. The molecule has 0 aliphatic rings. The monoisotopic (exact) mass is 508 g/mol. The number of pyridine rings is 3. The largest absolute Gasteiger partial charge is 0.336 e. The van der Waals surface area contributed by atoms with Gasteiger partial charge in [-0.3, -0.25) is 24.8 Å². The van der Waals surface area contributed by atoms with E-state index in [0.717, 1.165) is 56.6 Å². The van der Waals surface area contributed by atoms with Crippen molar-refractivity contribution in [2.24, 2.45) is 0 Å². The molecule has 0 aliphatic heterocycles. The van der Waals surface area contributed by atoms with Crippen LogP contribution in [0, 0.1) is 6.92 Å². The molecule has 10 heteroatoms. The number of aryl methyl sites for hydroxylation is 1. The number of amides is 1. The summed E-state index contributed by atoms with van der Waals surface area (Å²) in [5.74, 6) is 0.633. The smallest absolute Gasteiger partial charge is 0.224 e. The molecule has 6 aromatic rings. The maximum atomic E-state index is 12.2. The van der Waals surface area contributed by atoms with E-state index in [9.17, 15) is 4.79 Å². The Morgan fingerprint density at radius 3 is 2.81 bits per heavy atom. The highest BCUT2D eigenvalue weighted by Crippen LogP contribution is 2.34. The first kappa shape index (κ1) is 23.0. The topological polar surface area (TPSA) is 125 Å².